The molecule has 0 aromatic heterocycles. The largest absolute Gasteiger partial charge is 0.414 e. The molecule has 15 heavy (non-hydrogen) atoms. The Hall–Kier alpha value is -0.820. The molecule has 0 bridgehead atoms. The van der Waals surface area contributed by atoms with Gasteiger partial charge in [-0.3, -0.25) is 10.2 Å². The van der Waals surface area contributed by atoms with E-state index in [4.69, 9.17) is 5.84 Å². The zero-order valence-electron chi connectivity index (χ0n) is 8.81. The van der Waals surface area contributed by atoms with Gasteiger partial charge in [-0.25, -0.2) is 5.84 Å². The normalized spacial score (nSPS) is 14.9. The number of carbonyl (C=O) groups excluding carboxylic acids is 1. The van der Waals surface area contributed by atoms with Crippen molar-refractivity contribution in [2.24, 2.45) is 11.3 Å². The fourth-order valence-corrected chi connectivity index (χ4v) is 0.689. The van der Waals surface area contributed by atoms with Crippen LogP contribution < -0.4 is 11.3 Å². The first-order valence-electron chi connectivity index (χ1n) is 4.30. The van der Waals surface area contributed by atoms with Crippen LogP contribution in [0.5, 0.6) is 0 Å². The Balaban J connectivity index is 4.21. The third-order valence-corrected chi connectivity index (χ3v) is 1.90. The molecule has 1 atom stereocenters. The van der Waals surface area contributed by atoms with E-state index in [1.54, 1.807) is 0 Å². The summed E-state index contributed by atoms with van der Waals surface area (Å²) in [5, 5.41) is 0. The molecule has 0 spiro atoms. The molecule has 1 unspecified atom stereocenters. The number of nitrogens with one attached hydrogen (secondary N) is 1. The minimum atomic E-state index is -4.42. The van der Waals surface area contributed by atoms with Gasteiger partial charge in [0.15, 0.2) is 6.10 Å². The van der Waals surface area contributed by atoms with Crippen LogP contribution in [0.3, 0.4) is 0 Å². The second-order valence-electron chi connectivity index (χ2n) is 3.85. The number of carbonyl (C=O) groups is 1. The van der Waals surface area contributed by atoms with Gasteiger partial charge in [-0.05, 0) is 20.8 Å². The fourth-order valence-electron chi connectivity index (χ4n) is 0.689. The third kappa shape index (κ3) is 4.48. The van der Waals surface area contributed by atoms with Crippen LogP contribution in [0.25, 0.3) is 0 Å². The van der Waals surface area contributed by atoms with Crippen molar-refractivity contribution in [3.8, 4) is 0 Å². The predicted octanol–water partition coefficient (Wildman–Crippen LogP) is 0.970. The Kier molecular flexibility index (Phi) is 4.54. The molecule has 4 nitrogen and oxygen atoms in total. The average molecular weight is 228 g/mol. The fraction of sp³-hybridized carbons (Fsp3) is 0.875. The van der Waals surface area contributed by atoms with E-state index in [1.165, 1.54) is 13.8 Å². The van der Waals surface area contributed by atoms with Crippen LogP contribution in [-0.4, -0.2) is 24.8 Å². The first-order chi connectivity index (χ1) is 6.61. The van der Waals surface area contributed by atoms with Crippen molar-refractivity contribution in [3.63, 3.8) is 0 Å². The quantitative estimate of drug-likeness (QED) is 0.428. The highest BCUT2D eigenvalue weighted by atomic mass is 19.4. The van der Waals surface area contributed by atoms with E-state index in [0.29, 0.717) is 0 Å². The van der Waals surface area contributed by atoms with Crippen LogP contribution in [-0.2, 0) is 9.53 Å². The van der Waals surface area contributed by atoms with Gasteiger partial charge in [0.25, 0.3) is 0 Å². The lowest BCUT2D eigenvalue weighted by molar-refractivity contribution is -0.220. The summed E-state index contributed by atoms with van der Waals surface area (Å²) in [6, 6.07) is 0. The second kappa shape index (κ2) is 4.80. The van der Waals surface area contributed by atoms with Gasteiger partial charge in [-0.15, -0.1) is 0 Å². The highest BCUT2D eigenvalue weighted by Crippen LogP contribution is 2.25. The van der Waals surface area contributed by atoms with Crippen molar-refractivity contribution in [1.82, 2.24) is 5.43 Å². The topological polar surface area (TPSA) is 64.3 Å². The minimum Gasteiger partial charge on any atom is -0.368 e. The average Bonchev–Trinajstić information content (AvgIpc) is 2.11. The predicted molar refractivity (Wildman–Crippen MR) is 47.6 cm³/mol. The molecule has 0 aliphatic heterocycles. The number of halogens is 3. The number of rotatable bonds is 4. The van der Waals surface area contributed by atoms with Gasteiger partial charge in [-0.2, -0.15) is 13.2 Å². The molecule has 0 rings (SSSR count). The summed E-state index contributed by atoms with van der Waals surface area (Å²) in [6.07, 6.45) is -6.32. The summed E-state index contributed by atoms with van der Waals surface area (Å²) in [4.78, 5) is 11.1. The van der Waals surface area contributed by atoms with Crippen molar-refractivity contribution in [1.29, 1.82) is 0 Å². The highest BCUT2D eigenvalue weighted by Gasteiger charge is 2.39. The van der Waals surface area contributed by atoms with Crippen molar-refractivity contribution >= 4 is 5.91 Å². The molecular weight excluding hydrogens is 213 g/mol. The van der Waals surface area contributed by atoms with Crippen molar-refractivity contribution in [2.45, 2.75) is 33.1 Å². The van der Waals surface area contributed by atoms with E-state index in [9.17, 15) is 18.0 Å². The molecule has 0 heterocycles. The Bertz CT molecular complexity index is 228. The molecule has 0 aliphatic carbocycles. The summed E-state index contributed by atoms with van der Waals surface area (Å²) < 4.78 is 40.7. The third-order valence-electron chi connectivity index (χ3n) is 1.90. The monoisotopic (exact) mass is 228 g/mol. The van der Waals surface area contributed by atoms with Crippen LogP contribution in [0.4, 0.5) is 13.2 Å². The number of hydrazine groups is 1. The number of hydrogen-bond acceptors (Lipinski definition) is 3. The summed E-state index contributed by atoms with van der Waals surface area (Å²) in [5.41, 5.74) is 0.779. The number of nitrogens with two attached hydrogens (primary N) is 1. The number of amides is 1. The van der Waals surface area contributed by atoms with Gasteiger partial charge in [0, 0.05) is 0 Å². The Morgan fingerprint density at radius 1 is 1.47 bits per heavy atom. The Morgan fingerprint density at radius 3 is 2.27 bits per heavy atom. The molecule has 0 radical (unpaired) electrons. The summed E-state index contributed by atoms with van der Waals surface area (Å²) in [5.74, 6) is 4.30. The molecule has 3 N–H and O–H groups in total. The van der Waals surface area contributed by atoms with Gasteiger partial charge in [-0.1, -0.05) is 0 Å². The SMILES string of the molecule is CC(OCC(C)(C)C(=O)NN)C(F)(F)F. The number of alkyl halides is 3. The number of hydrogen-bond donors (Lipinski definition) is 2. The molecule has 90 valence electrons. The zero-order chi connectivity index (χ0) is 12.3. The molecule has 0 aromatic rings. The summed E-state index contributed by atoms with van der Waals surface area (Å²) in [6.45, 7) is 3.42. The van der Waals surface area contributed by atoms with Crippen LogP contribution >= 0.6 is 0 Å². The van der Waals surface area contributed by atoms with Crippen molar-refractivity contribution in [2.75, 3.05) is 6.61 Å². The molecule has 1 amide bonds. The van der Waals surface area contributed by atoms with Crippen LogP contribution in [0.15, 0.2) is 0 Å². The number of ether oxygens (including phenoxy) is 1. The molecular formula is C8H15F3N2O2. The lowest BCUT2D eigenvalue weighted by Gasteiger charge is -2.25. The Labute approximate surface area is 85.9 Å². The van der Waals surface area contributed by atoms with Gasteiger partial charge in [0.1, 0.15) is 0 Å². The molecule has 0 aliphatic rings. The van der Waals surface area contributed by atoms with Crippen molar-refractivity contribution in [3.05, 3.63) is 0 Å². The molecule has 0 saturated heterocycles. The highest BCUT2D eigenvalue weighted by molar-refractivity contribution is 5.81. The van der Waals surface area contributed by atoms with Gasteiger partial charge in [0.05, 0.1) is 12.0 Å². The first-order valence-corrected chi connectivity index (χ1v) is 4.30. The second-order valence-corrected chi connectivity index (χ2v) is 3.85. The maximum absolute atomic E-state index is 12.1. The maximum Gasteiger partial charge on any atom is 0.414 e. The first kappa shape index (κ1) is 14.2. The van der Waals surface area contributed by atoms with E-state index in [2.05, 4.69) is 4.74 Å². The smallest absolute Gasteiger partial charge is 0.368 e. The van der Waals surface area contributed by atoms with Gasteiger partial charge >= 0.3 is 6.18 Å². The minimum absolute atomic E-state index is 0.350. The van der Waals surface area contributed by atoms with E-state index in [-0.39, 0.29) is 6.61 Å². The standard InChI is InChI=1S/C8H15F3N2O2/c1-5(8(9,10)11)15-4-7(2,3)6(14)13-12/h5H,4,12H2,1-3H3,(H,13,14). The van der Waals surface area contributed by atoms with E-state index < -0.39 is 23.6 Å². The Morgan fingerprint density at radius 2 is 1.93 bits per heavy atom. The lowest BCUT2D eigenvalue weighted by Crippen LogP contribution is -2.44. The summed E-state index contributed by atoms with van der Waals surface area (Å²) >= 11 is 0. The molecule has 7 heteroatoms. The molecule has 0 aromatic carbocycles. The van der Waals surface area contributed by atoms with Gasteiger partial charge < -0.3 is 4.74 Å². The van der Waals surface area contributed by atoms with E-state index in [0.717, 1.165) is 6.92 Å². The van der Waals surface area contributed by atoms with Crippen LogP contribution in [0, 0.1) is 5.41 Å². The van der Waals surface area contributed by atoms with E-state index >= 15 is 0 Å². The zero-order valence-corrected chi connectivity index (χ0v) is 8.81. The van der Waals surface area contributed by atoms with Crippen LogP contribution in [0.2, 0.25) is 0 Å². The summed E-state index contributed by atoms with van der Waals surface area (Å²) in [7, 11) is 0. The maximum atomic E-state index is 12.1. The van der Waals surface area contributed by atoms with Gasteiger partial charge in [0.2, 0.25) is 5.91 Å². The van der Waals surface area contributed by atoms with E-state index in [1.807, 2.05) is 5.43 Å². The van der Waals surface area contributed by atoms with Crippen molar-refractivity contribution < 1.29 is 22.7 Å². The molecule has 0 fully saturated rings. The van der Waals surface area contributed by atoms with Crippen LogP contribution in [0.1, 0.15) is 20.8 Å². The lowest BCUT2D eigenvalue weighted by atomic mass is 9.94. The molecule has 0 saturated carbocycles.